The fourth-order valence-electron chi connectivity index (χ4n) is 8.68. The Kier molecular flexibility index (Phi) is 6.41. The lowest BCUT2D eigenvalue weighted by Gasteiger charge is -2.35. The van der Waals surface area contributed by atoms with E-state index in [-0.39, 0.29) is 27.9 Å². The third-order valence-electron chi connectivity index (χ3n) is 10.5. The molecule has 6 saturated heterocycles. The van der Waals surface area contributed by atoms with Crippen molar-refractivity contribution in [3.8, 4) is 22.9 Å². The molecule has 0 radical (unpaired) electrons. The third-order valence-corrected chi connectivity index (χ3v) is 10.8. The second-order valence-electron chi connectivity index (χ2n) is 13.2. The summed E-state index contributed by atoms with van der Waals surface area (Å²) in [5, 5.41) is 16.6. The number of halogens is 2. The summed E-state index contributed by atoms with van der Waals surface area (Å²) in [5.41, 5.74) is 0.906. The first-order valence-electron chi connectivity index (χ1n) is 16.0. The summed E-state index contributed by atoms with van der Waals surface area (Å²) < 4.78 is 29.1. The van der Waals surface area contributed by atoms with Gasteiger partial charge in [-0.15, -0.1) is 0 Å². The number of anilines is 1. The van der Waals surface area contributed by atoms with Gasteiger partial charge < -0.3 is 24.8 Å². The van der Waals surface area contributed by atoms with Crippen LogP contribution in [-0.4, -0.2) is 82.6 Å². The molecule has 44 heavy (non-hydrogen) atoms. The number of phenolic OH excluding ortho intramolecular Hbond substituents is 1. The molecule has 8 nitrogen and oxygen atoms in total. The maximum Gasteiger partial charge on any atom is 0.319 e. The largest absolute Gasteiger partial charge is 0.508 e. The van der Waals surface area contributed by atoms with Crippen LogP contribution < -0.4 is 15.0 Å². The number of aromatic nitrogens is 2. The number of nitrogens with zero attached hydrogens (tertiary/aromatic N) is 4. The molecule has 2 N–H and O–H groups in total. The van der Waals surface area contributed by atoms with Crippen molar-refractivity contribution >= 4 is 39.1 Å². The first kappa shape index (κ1) is 27.1. The molecule has 10 heteroatoms. The van der Waals surface area contributed by atoms with Crippen LogP contribution in [0.4, 0.5) is 10.2 Å². The molecule has 6 fully saturated rings. The van der Waals surface area contributed by atoms with Crippen LogP contribution >= 0.6 is 11.6 Å². The average Bonchev–Trinajstić information content (AvgIpc) is 3.59. The van der Waals surface area contributed by atoms with Gasteiger partial charge in [0.1, 0.15) is 17.1 Å². The Morgan fingerprint density at radius 3 is 2.73 bits per heavy atom. The van der Waals surface area contributed by atoms with Gasteiger partial charge in [0.15, 0.2) is 5.82 Å². The van der Waals surface area contributed by atoms with Crippen molar-refractivity contribution < 1.29 is 19.0 Å². The molecule has 0 aliphatic carbocycles. The van der Waals surface area contributed by atoms with Gasteiger partial charge >= 0.3 is 6.01 Å². The lowest BCUT2D eigenvalue weighted by atomic mass is 9.96. The van der Waals surface area contributed by atoms with Gasteiger partial charge in [0, 0.05) is 54.8 Å². The molecule has 10 rings (SSSR count). The zero-order valence-corrected chi connectivity index (χ0v) is 25.1. The molecule has 6 unspecified atom stereocenters. The van der Waals surface area contributed by atoms with E-state index in [0.717, 1.165) is 68.9 Å². The minimum absolute atomic E-state index is 0.0452. The van der Waals surface area contributed by atoms with Gasteiger partial charge in [-0.2, -0.15) is 9.97 Å². The van der Waals surface area contributed by atoms with E-state index in [1.54, 1.807) is 18.2 Å². The Labute approximate surface area is 260 Å². The van der Waals surface area contributed by atoms with Crippen molar-refractivity contribution in [1.82, 2.24) is 20.2 Å². The van der Waals surface area contributed by atoms with Crippen molar-refractivity contribution in [2.75, 3.05) is 31.1 Å². The number of benzene rings is 3. The molecule has 6 aliphatic heterocycles. The third kappa shape index (κ3) is 4.42. The highest BCUT2D eigenvalue weighted by Crippen LogP contribution is 2.46. The van der Waals surface area contributed by atoms with Gasteiger partial charge in [0.05, 0.1) is 23.8 Å². The predicted octanol–water partition coefficient (Wildman–Crippen LogP) is 5.66. The molecule has 6 atom stereocenters. The second kappa shape index (κ2) is 10.4. The van der Waals surface area contributed by atoms with Crippen molar-refractivity contribution in [2.45, 2.75) is 74.9 Å². The van der Waals surface area contributed by atoms with Crippen LogP contribution in [0.2, 0.25) is 5.02 Å². The van der Waals surface area contributed by atoms with Gasteiger partial charge in [-0.3, -0.25) is 4.90 Å². The van der Waals surface area contributed by atoms with E-state index < -0.39 is 5.82 Å². The number of hydrogen-bond donors (Lipinski definition) is 2. The number of piperazine rings is 1. The number of rotatable bonds is 7. The normalized spacial score (nSPS) is 29.0. The molecule has 6 aliphatic rings. The molecule has 0 spiro atoms. The highest BCUT2D eigenvalue weighted by Gasteiger charge is 2.53. The predicted molar refractivity (Wildman–Crippen MR) is 168 cm³/mol. The second-order valence-corrected chi connectivity index (χ2v) is 13.6. The summed E-state index contributed by atoms with van der Waals surface area (Å²) in [7, 11) is 0. The summed E-state index contributed by atoms with van der Waals surface area (Å²) in [5.74, 6) is 0.158. The van der Waals surface area contributed by atoms with Crippen LogP contribution in [0.15, 0.2) is 42.5 Å². The summed E-state index contributed by atoms with van der Waals surface area (Å²) in [6.45, 7) is 2.95. The van der Waals surface area contributed by atoms with E-state index in [1.165, 1.54) is 0 Å². The van der Waals surface area contributed by atoms with Crippen LogP contribution in [0.25, 0.3) is 32.8 Å². The standard InChI is InChI=1S/C34H35ClFN5O3/c35-27-15-26-32(31(36)30(27)25-13-22(42)10-18-4-1-2-5-24(18)25)38-34(39-33(26)40-16-19-6-7-20(17-40)37-19)43-9-3-8-41-21-11-23-14-28(41)29(12-21)44-23/h1-2,4-5,10,13,15,19-21,23,28-29,37,42H,3,6-9,11-12,14,16-17H2. The number of hydrogen-bond acceptors (Lipinski definition) is 8. The Hall–Kier alpha value is -3.24. The molecule has 6 bridgehead atoms. The van der Waals surface area contributed by atoms with E-state index in [0.29, 0.717) is 59.7 Å². The van der Waals surface area contributed by atoms with Crippen molar-refractivity contribution in [3.05, 3.63) is 53.3 Å². The Morgan fingerprint density at radius 1 is 1.05 bits per heavy atom. The van der Waals surface area contributed by atoms with Crippen LogP contribution in [0.1, 0.15) is 38.5 Å². The average molecular weight is 616 g/mol. The Morgan fingerprint density at radius 2 is 1.89 bits per heavy atom. The first-order valence-corrected chi connectivity index (χ1v) is 16.3. The maximum absolute atomic E-state index is 16.8. The number of fused-ring (bicyclic) bond motifs is 4. The highest BCUT2D eigenvalue weighted by molar-refractivity contribution is 6.35. The van der Waals surface area contributed by atoms with Crippen molar-refractivity contribution in [1.29, 1.82) is 0 Å². The van der Waals surface area contributed by atoms with Gasteiger partial charge in [-0.05, 0) is 73.1 Å². The fraction of sp³-hybridized carbons (Fsp3) is 0.471. The maximum atomic E-state index is 16.8. The van der Waals surface area contributed by atoms with E-state index in [1.807, 2.05) is 24.3 Å². The fourth-order valence-corrected chi connectivity index (χ4v) is 8.97. The topological polar surface area (TPSA) is 83.0 Å². The molecular weight excluding hydrogens is 581 g/mol. The smallest absolute Gasteiger partial charge is 0.319 e. The quantitative estimate of drug-likeness (QED) is 0.258. The van der Waals surface area contributed by atoms with Crippen LogP contribution in [-0.2, 0) is 4.74 Å². The Balaban J connectivity index is 1.08. The van der Waals surface area contributed by atoms with Crippen molar-refractivity contribution in [3.63, 3.8) is 0 Å². The van der Waals surface area contributed by atoms with Crippen LogP contribution in [0, 0.1) is 5.82 Å². The molecule has 3 aromatic carbocycles. The van der Waals surface area contributed by atoms with Gasteiger partial charge in [-0.1, -0.05) is 35.9 Å². The lowest BCUT2D eigenvalue weighted by molar-refractivity contribution is 0.00285. The SMILES string of the molecule is Oc1cc(-c2c(Cl)cc3c(N4CC5CCC(C4)N5)nc(OCCCN4C5CC6CC4C(C5)O6)nc3c2F)c2ccccc2c1. The molecule has 1 aromatic heterocycles. The summed E-state index contributed by atoms with van der Waals surface area (Å²) in [6.07, 6.45) is 7.33. The van der Waals surface area contributed by atoms with Crippen molar-refractivity contribution in [2.24, 2.45) is 0 Å². The number of piperidine rings is 1. The molecule has 0 saturated carbocycles. The molecular formula is C34H35ClFN5O3. The number of phenols is 1. The van der Waals surface area contributed by atoms with E-state index in [9.17, 15) is 5.11 Å². The van der Waals surface area contributed by atoms with E-state index in [2.05, 4.69) is 20.1 Å². The van der Waals surface area contributed by atoms with Gasteiger partial charge in [-0.25, -0.2) is 4.39 Å². The molecule has 228 valence electrons. The zero-order valence-electron chi connectivity index (χ0n) is 24.4. The number of nitrogens with one attached hydrogen (secondary N) is 1. The Bertz CT molecular complexity index is 1770. The summed E-state index contributed by atoms with van der Waals surface area (Å²) in [4.78, 5) is 14.4. The van der Waals surface area contributed by atoms with E-state index >= 15 is 4.39 Å². The zero-order chi connectivity index (χ0) is 29.5. The van der Waals surface area contributed by atoms with Gasteiger partial charge in [0.25, 0.3) is 0 Å². The lowest BCUT2D eigenvalue weighted by Crippen LogP contribution is -2.51. The van der Waals surface area contributed by atoms with Gasteiger partial charge in [0.2, 0.25) is 0 Å². The first-order chi connectivity index (χ1) is 21.5. The molecule has 4 aromatic rings. The summed E-state index contributed by atoms with van der Waals surface area (Å²) in [6, 6.07) is 14.7. The van der Waals surface area contributed by atoms with Crippen LogP contribution in [0.5, 0.6) is 11.8 Å². The molecule has 7 heterocycles. The number of aromatic hydroxyl groups is 1. The van der Waals surface area contributed by atoms with Crippen LogP contribution in [0.3, 0.4) is 0 Å². The monoisotopic (exact) mass is 615 g/mol. The summed E-state index contributed by atoms with van der Waals surface area (Å²) >= 11 is 6.88. The molecule has 0 amide bonds. The van der Waals surface area contributed by atoms with E-state index in [4.69, 9.17) is 26.1 Å². The minimum atomic E-state index is -0.543. The highest BCUT2D eigenvalue weighted by atomic mass is 35.5. The number of ether oxygens (including phenoxy) is 2. The minimum Gasteiger partial charge on any atom is -0.508 e.